The lowest BCUT2D eigenvalue weighted by molar-refractivity contribution is -0.177. The Morgan fingerprint density at radius 3 is 2.78 bits per heavy atom. The van der Waals surface area contributed by atoms with Crippen LogP contribution in [-0.4, -0.2) is 25.2 Å². The van der Waals surface area contributed by atoms with E-state index in [1.807, 2.05) is 54.6 Å². The summed E-state index contributed by atoms with van der Waals surface area (Å²) in [5, 5.41) is 0. The molecule has 4 heteroatoms. The van der Waals surface area contributed by atoms with Crippen molar-refractivity contribution in [3.8, 4) is 0 Å². The van der Waals surface area contributed by atoms with E-state index in [2.05, 4.69) is 0 Å². The van der Waals surface area contributed by atoms with E-state index in [1.54, 1.807) is 6.92 Å². The quantitative estimate of drug-likeness (QED) is 0.458. The molecule has 1 saturated heterocycles. The minimum absolute atomic E-state index is 0.255. The van der Waals surface area contributed by atoms with Gasteiger partial charge in [-0.1, -0.05) is 54.6 Å². The number of cyclic esters (lactones) is 1. The van der Waals surface area contributed by atoms with Gasteiger partial charge in [0.1, 0.15) is 0 Å². The van der Waals surface area contributed by atoms with Crippen molar-refractivity contribution in [2.24, 2.45) is 5.41 Å². The molecule has 1 aliphatic heterocycles. The van der Waals surface area contributed by atoms with Crippen LogP contribution in [0.15, 0.2) is 48.6 Å². The molecule has 4 nitrogen and oxygen atoms in total. The summed E-state index contributed by atoms with van der Waals surface area (Å²) in [6.45, 7) is 2.36. The lowest BCUT2D eigenvalue weighted by Crippen LogP contribution is -2.44. The SMILES string of the molecule is CCOC(=O)[C@]1(C/C=C/C=C/c2ccccc2)CCCOC1=O. The van der Waals surface area contributed by atoms with Gasteiger partial charge in [0.2, 0.25) is 0 Å². The van der Waals surface area contributed by atoms with Crippen molar-refractivity contribution in [2.75, 3.05) is 13.2 Å². The van der Waals surface area contributed by atoms with Crippen LogP contribution >= 0.6 is 0 Å². The average molecular weight is 314 g/mol. The van der Waals surface area contributed by atoms with E-state index < -0.39 is 17.4 Å². The second kappa shape index (κ2) is 8.32. The summed E-state index contributed by atoms with van der Waals surface area (Å²) in [4.78, 5) is 24.4. The van der Waals surface area contributed by atoms with Crippen molar-refractivity contribution in [2.45, 2.75) is 26.2 Å². The van der Waals surface area contributed by atoms with Crippen molar-refractivity contribution in [3.05, 3.63) is 54.1 Å². The molecular weight excluding hydrogens is 292 g/mol. The summed E-state index contributed by atoms with van der Waals surface area (Å²) in [6.07, 6.45) is 8.97. The molecule has 0 aromatic heterocycles. The molecule has 0 spiro atoms. The fourth-order valence-corrected chi connectivity index (χ4v) is 2.58. The smallest absolute Gasteiger partial charge is 0.323 e. The largest absolute Gasteiger partial charge is 0.465 e. The summed E-state index contributed by atoms with van der Waals surface area (Å²) in [6, 6.07) is 9.91. The third-order valence-electron chi connectivity index (χ3n) is 3.84. The van der Waals surface area contributed by atoms with Crippen molar-refractivity contribution in [1.29, 1.82) is 0 Å². The zero-order chi connectivity index (χ0) is 16.5. The standard InChI is InChI=1S/C19H22O4/c1-2-22-17(20)19(14-9-15-23-18(19)21)13-8-4-7-12-16-10-5-3-6-11-16/h3-8,10-12H,2,9,13-15H2,1H3/b8-4+,12-7+/t19-/m0/s1. The van der Waals surface area contributed by atoms with Crippen LogP contribution in [0.5, 0.6) is 0 Å². The topological polar surface area (TPSA) is 52.6 Å². The first kappa shape index (κ1) is 17.0. The molecule has 0 aliphatic carbocycles. The third-order valence-corrected chi connectivity index (χ3v) is 3.84. The van der Waals surface area contributed by atoms with Gasteiger partial charge in [0, 0.05) is 0 Å². The summed E-state index contributed by atoms with van der Waals surface area (Å²) in [5.74, 6) is -0.958. The van der Waals surface area contributed by atoms with Gasteiger partial charge in [0.15, 0.2) is 5.41 Å². The van der Waals surface area contributed by atoms with E-state index in [4.69, 9.17) is 9.47 Å². The number of carbonyl (C=O) groups excluding carboxylic acids is 2. The molecule has 0 bridgehead atoms. The Morgan fingerprint density at radius 1 is 1.30 bits per heavy atom. The van der Waals surface area contributed by atoms with Crippen LogP contribution in [0.3, 0.4) is 0 Å². The van der Waals surface area contributed by atoms with Gasteiger partial charge in [-0.05, 0) is 31.7 Å². The predicted molar refractivity (Wildman–Crippen MR) is 88.5 cm³/mol. The van der Waals surface area contributed by atoms with Crippen LogP contribution in [-0.2, 0) is 19.1 Å². The van der Waals surface area contributed by atoms with Gasteiger partial charge in [-0.25, -0.2) is 0 Å². The Kier molecular flexibility index (Phi) is 6.15. The van der Waals surface area contributed by atoms with E-state index in [1.165, 1.54) is 0 Å². The molecule has 1 aromatic rings. The van der Waals surface area contributed by atoms with Crippen LogP contribution < -0.4 is 0 Å². The van der Waals surface area contributed by atoms with Crippen molar-refractivity contribution in [3.63, 3.8) is 0 Å². The van der Waals surface area contributed by atoms with Crippen LogP contribution in [0.4, 0.5) is 0 Å². The molecule has 0 N–H and O–H groups in total. The Bertz CT molecular complexity index is 589. The molecule has 0 radical (unpaired) electrons. The molecule has 2 rings (SSSR count). The minimum atomic E-state index is -1.19. The third kappa shape index (κ3) is 4.31. The van der Waals surface area contributed by atoms with E-state index in [0.29, 0.717) is 25.9 Å². The predicted octanol–water partition coefficient (Wildman–Crippen LogP) is 3.53. The zero-order valence-electron chi connectivity index (χ0n) is 13.4. The summed E-state index contributed by atoms with van der Waals surface area (Å²) >= 11 is 0. The van der Waals surface area contributed by atoms with Gasteiger partial charge in [-0.3, -0.25) is 9.59 Å². The summed E-state index contributed by atoms with van der Waals surface area (Å²) in [5.41, 5.74) is -0.0972. The molecule has 23 heavy (non-hydrogen) atoms. The van der Waals surface area contributed by atoms with Crippen LogP contribution in [0.2, 0.25) is 0 Å². The Morgan fingerprint density at radius 2 is 2.09 bits per heavy atom. The van der Waals surface area contributed by atoms with Crippen molar-refractivity contribution >= 4 is 18.0 Å². The summed E-state index contributed by atoms with van der Waals surface area (Å²) < 4.78 is 10.2. The van der Waals surface area contributed by atoms with Gasteiger partial charge >= 0.3 is 11.9 Å². The Labute approximate surface area is 136 Å². The maximum Gasteiger partial charge on any atom is 0.323 e. The molecule has 1 aromatic carbocycles. The highest BCUT2D eigenvalue weighted by molar-refractivity contribution is 6.00. The second-order valence-electron chi connectivity index (χ2n) is 5.44. The average Bonchev–Trinajstić information content (AvgIpc) is 2.57. The van der Waals surface area contributed by atoms with Gasteiger partial charge in [-0.2, -0.15) is 0 Å². The molecular formula is C19H22O4. The lowest BCUT2D eigenvalue weighted by Gasteiger charge is -2.31. The first-order valence-electron chi connectivity index (χ1n) is 7.92. The fourth-order valence-electron chi connectivity index (χ4n) is 2.58. The number of rotatable bonds is 6. The number of benzene rings is 1. The van der Waals surface area contributed by atoms with Gasteiger partial charge in [0.25, 0.3) is 0 Å². The second-order valence-corrected chi connectivity index (χ2v) is 5.44. The number of hydrogen-bond donors (Lipinski definition) is 0. The van der Waals surface area contributed by atoms with E-state index in [0.717, 1.165) is 5.56 Å². The fraction of sp³-hybridized carbons (Fsp3) is 0.368. The van der Waals surface area contributed by atoms with Crippen molar-refractivity contribution in [1.82, 2.24) is 0 Å². The first-order chi connectivity index (χ1) is 11.2. The first-order valence-corrected chi connectivity index (χ1v) is 7.92. The molecule has 1 fully saturated rings. The monoisotopic (exact) mass is 314 g/mol. The van der Waals surface area contributed by atoms with Crippen LogP contribution in [0.25, 0.3) is 6.08 Å². The Balaban J connectivity index is 2.03. The Hall–Kier alpha value is -2.36. The van der Waals surface area contributed by atoms with E-state index in [9.17, 15) is 9.59 Å². The molecule has 1 heterocycles. The molecule has 0 amide bonds. The number of esters is 2. The minimum Gasteiger partial charge on any atom is -0.465 e. The molecule has 0 unspecified atom stereocenters. The summed E-state index contributed by atoms with van der Waals surface area (Å²) in [7, 11) is 0. The highest BCUT2D eigenvalue weighted by atomic mass is 16.6. The van der Waals surface area contributed by atoms with Gasteiger partial charge in [0.05, 0.1) is 13.2 Å². The van der Waals surface area contributed by atoms with E-state index in [-0.39, 0.29) is 6.61 Å². The molecule has 1 aliphatic rings. The number of carbonyl (C=O) groups is 2. The zero-order valence-corrected chi connectivity index (χ0v) is 13.4. The number of hydrogen-bond acceptors (Lipinski definition) is 4. The molecule has 0 saturated carbocycles. The molecule has 122 valence electrons. The lowest BCUT2D eigenvalue weighted by atomic mass is 9.78. The number of allylic oxidation sites excluding steroid dienone is 3. The van der Waals surface area contributed by atoms with Gasteiger partial charge in [-0.15, -0.1) is 0 Å². The number of ether oxygens (including phenoxy) is 2. The van der Waals surface area contributed by atoms with E-state index >= 15 is 0 Å². The van der Waals surface area contributed by atoms with Crippen LogP contribution in [0.1, 0.15) is 31.7 Å². The van der Waals surface area contributed by atoms with Crippen molar-refractivity contribution < 1.29 is 19.1 Å². The highest BCUT2D eigenvalue weighted by Gasteiger charge is 2.49. The normalized spacial score (nSPS) is 21.5. The van der Waals surface area contributed by atoms with Crippen LogP contribution in [0, 0.1) is 5.41 Å². The maximum absolute atomic E-state index is 12.2. The maximum atomic E-state index is 12.2. The molecule has 1 atom stereocenters. The highest BCUT2D eigenvalue weighted by Crippen LogP contribution is 2.35. The van der Waals surface area contributed by atoms with Gasteiger partial charge < -0.3 is 9.47 Å².